The van der Waals surface area contributed by atoms with Crippen LogP contribution < -0.4 is 9.46 Å². The quantitative estimate of drug-likeness (QED) is 0.710. The number of hydrogen-bond donors (Lipinski definition) is 1. The lowest BCUT2D eigenvalue weighted by molar-refractivity contribution is -0.274. The van der Waals surface area contributed by atoms with Crippen LogP contribution in [0.15, 0.2) is 28.9 Å². The number of hydrogen-bond acceptors (Lipinski definition) is 6. The zero-order valence-corrected chi connectivity index (χ0v) is 14.9. The van der Waals surface area contributed by atoms with Gasteiger partial charge in [-0.15, -0.1) is 13.2 Å². The SMILES string of the molecule is CCS(=O)(=O)Nc1cc(OC(F)(F)F)ccc1C(=O)c1cnoc1C1CC1. The molecule has 0 atom stereocenters. The average molecular weight is 404 g/mol. The Kier molecular flexibility index (Phi) is 4.89. The number of carbonyl (C=O) groups is 1. The number of alkyl halides is 3. The van der Waals surface area contributed by atoms with Gasteiger partial charge in [0.2, 0.25) is 10.0 Å². The Bertz CT molecular complexity index is 965. The van der Waals surface area contributed by atoms with Crippen molar-refractivity contribution < 1.29 is 35.6 Å². The first-order valence-corrected chi connectivity index (χ1v) is 9.64. The number of carbonyl (C=O) groups excluding carboxylic acids is 1. The van der Waals surface area contributed by atoms with Gasteiger partial charge in [-0.3, -0.25) is 9.52 Å². The van der Waals surface area contributed by atoms with Gasteiger partial charge in [-0.2, -0.15) is 0 Å². The van der Waals surface area contributed by atoms with Gasteiger partial charge in [0, 0.05) is 17.5 Å². The largest absolute Gasteiger partial charge is 0.573 e. The van der Waals surface area contributed by atoms with Gasteiger partial charge in [-0.25, -0.2) is 8.42 Å². The maximum Gasteiger partial charge on any atom is 0.573 e. The second-order valence-electron chi connectivity index (χ2n) is 5.97. The fourth-order valence-corrected chi connectivity index (χ4v) is 3.10. The molecule has 0 aliphatic heterocycles. The minimum absolute atomic E-state index is 0.0649. The lowest BCUT2D eigenvalue weighted by Crippen LogP contribution is -2.19. The molecule has 2 aromatic rings. The number of ketones is 1. The van der Waals surface area contributed by atoms with E-state index in [1.807, 2.05) is 0 Å². The van der Waals surface area contributed by atoms with Crippen LogP contribution in [0.4, 0.5) is 18.9 Å². The number of nitrogens with one attached hydrogen (secondary N) is 1. The predicted octanol–water partition coefficient (Wildman–Crippen LogP) is 3.44. The Balaban J connectivity index is 2.02. The average Bonchev–Trinajstić information content (AvgIpc) is 3.29. The monoisotopic (exact) mass is 404 g/mol. The van der Waals surface area contributed by atoms with Crippen molar-refractivity contribution in [3.63, 3.8) is 0 Å². The molecule has 1 fully saturated rings. The molecule has 1 aromatic heterocycles. The summed E-state index contributed by atoms with van der Waals surface area (Å²) in [5.74, 6) is -1.13. The summed E-state index contributed by atoms with van der Waals surface area (Å²) in [5.41, 5.74) is -0.294. The number of nitrogens with zero attached hydrogens (tertiary/aromatic N) is 1. The number of anilines is 1. The molecule has 0 amide bonds. The van der Waals surface area contributed by atoms with Gasteiger partial charge in [0.05, 0.1) is 23.2 Å². The first kappa shape index (κ1) is 19.2. The van der Waals surface area contributed by atoms with Crippen LogP contribution in [-0.2, 0) is 10.0 Å². The van der Waals surface area contributed by atoms with E-state index in [-0.39, 0.29) is 28.5 Å². The van der Waals surface area contributed by atoms with Gasteiger partial charge in [0.1, 0.15) is 5.75 Å². The third-order valence-corrected chi connectivity index (χ3v) is 5.20. The van der Waals surface area contributed by atoms with Crippen LogP contribution in [0.2, 0.25) is 0 Å². The summed E-state index contributed by atoms with van der Waals surface area (Å²) in [6.07, 6.45) is -2.07. The molecule has 146 valence electrons. The number of rotatable bonds is 7. The standard InChI is InChI=1S/C16H15F3N2O5S/c1-2-27(23,24)21-13-7-10(25-16(17,18)19)5-6-11(13)14(22)12-8-20-26-15(12)9-3-4-9/h5-9,21H,2-4H2,1H3. The Hall–Kier alpha value is -2.56. The van der Waals surface area contributed by atoms with Crippen molar-refractivity contribution in [2.75, 3.05) is 10.5 Å². The fraction of sp³-hybridized carbons (Fsp3) is 0.375. The van der Waals surface area contributed by atoms with Crippen molar-refractivity contribution in [1.29, 1.82) is 0 Å². The lowest BCUT2D eigenvalue weighted by atomic mass is 10.0. The Morgan fingerprint density at radius 2 is 2.04 bits per heavy atom. The molecule has 0 radical (unpaired) electrons. The molecule has 3 rings (SSSR count). The molecule has 1 N–H and O–H groups in total. The number of benzene rings is 1. The van der Waals surface area contributed by atoms with Crippen molar-refractivity contribution in [2.24, 2.45) is 0 Å². The number of sulfonamides is 1. The molecule has 27 heavy (non-hydrogen) atoms. The van der Waals surface area contributed by atoms with E-state index in [0.717, 1.165) is 31.0 Å². The summed E-state index contributed by atoms with van der Waals surface area (Å²) in [6.45, 7) is 1.35. The summed E-state index contributed by atoms with van der Waals surface area (Å²) in [7, 11) is -3.85. The molecular formula is C16H15F3N2O5S. The minimum Gasteiger partial charge on any atom is -0.406 e. The van der Waals surface area contributed by atoms with Crippen LogP contribution in [0, 0.1) is 0 Å². The Morgan fingerprint density at radius 3 is 2.63 bits per heavy atom. The summed E-state index contributed by atoms with van der Waals surface area (Å²) in [5, 5.41) is 3.61. The zero-order chi connectivity index (χ0) is 19.8. The van der Waals surface area contributed by atoms with E-state index >= 15 is 0 Å². The summed E-state index contributed by atoms with van der Waals surface area (Å²) in [6, 6.07) is 2.83. The predicted molar refractivity (Wildman–Crippen MR) is 88.1 cm³/mol. The number of ether oxygens (including phenoxy) is 1. The van der Waals surface area contributed by atoms with E-state index in [9.17, 15) is 26.4 Å². The molecule has 0 saturated heterocycles. The summed E-state index contributed by atoms with van der Waals surface area (Å²) >= 11 is 0. The van der Waals surface area contributed by atoms with Gasteiger partial charge >= 0.3 is 6.36 Å². The third-order valence-electron chi connectivity index (χ3n) is 3.91. The number of aromatic nitrogens is 1. The first-order valence-electron chi connectivity index (χ1n) is 7.99. The molecule has 1 aliphatic carbocycles. The molecule has 0 bridgehead atoms. The van der Waals surface area contributed by atoms with Crippen molar-refractivity contribution in [2.45, 2.75) is 32.0 Å². The molecule has 0 spiro atoms. The fourth-order valence-electron chi connectivity index (χ4n) is 2.45. The summed E-state index contributed by atoms with van der Waals surface area (Å²) < 4.78 is 72.2. The van der Waals surface area contributed by atoms with E-state index in [0.29, 0.717) is 5.76 Å². The second-order valence-corrected chi connectivity index (χ2v) is 7.98. The van der Waals surface area contributed by atoms with E-state index in [2.05, 4.69) is 14.6 Å². The zero-order valence-electron chi connectivity index (χ0n) is 14.0. The normalized spacial score (nSPS) is 14.8. The van der Waals surface area contributed by atoms with Crippen molar-refractivity contribution in [3.05, 3.63) is 41.3 Å². The van der Waals surface area contributed by atoms with Gasteiger partial charge in [-0.1, -0.05) is 5.16 Å². The molecular weight excluding hydrogens is 389 g/mol. The minimum atomic E-state index is -4.96. The highest BCUT2D eigenvalue weighted by Gasteiger charge is 2.34. The van der Waals surface area contributed by atoms with Crippen LogP contribution >= 0.6 is 0 Å². The second kappa shape index (κ2) is 6.87. The van der Waals surface area contributed by atoms with Crippen LogP contribution in [0.5, 0.6) is 5.75 Å². The van der Waals surface area contributed by atoms with Crippen LogP contribution in [0.1, 0.15) is 47.4 Å². The molecule has 1 saturated carbocycles. The molecule has 1 aromatic carbocycles. The van der Waals surface area contributed by atoms with Gasteiger partial charge < -0.3 is 9.26 Å². The first-order chi connectivity index (χ1) is 12.6. The Labute approximate surface area is 152 Å². The maximum atomic E-state index is 12.9. The summed E-state index contributed by atoms with van der Waals surface area (Å²) in [4.78, 5) is 12.9. The maximum absolute atomic E-state index is 12.9. The van der Waals surface area contributed by atoms with Crippen LogP contribution in [0.3, 0.4) is 0 Å². The molecule has 1 heterocycles. The van der Waals surface area contributed by atoms with Gasteiger partial charge in [-0.05, 0) is 31.9 Å². The number of halogens is 3. The highest BCUT2D eigenvalue weighted by atomic mass is 32.2. The van der Waals surface area contributed by atoms with E-state index in [1.54, 1.807) is 0 Å². The molecule has 0 unspecified atom stereocenters. The van der Waals surface area contributed by atoms with Gasteiger partial charge in [0.25, 0.3) is 0 Å². The van der Waals surface area contributed by atoms with Crippen LogP contribution in [-0.4, -0.2) is 31.5 Å². The lowest BCUT2D eigenvalue weighted by Gasteiger charge is -2.14. The third kappa shape index (κ3) is 4.59. The van der Waals surface area contributed by atoms with Crippen molar-refractivity contribution in [1.82, 2.24) is 5.16 Å². The van der Waals surface area contributed by atoms with E-state index in [4.69, 9.17) is 4.52 Å². The molecule has 11 heteroatoms. The highest BCUT2D eigenvalue weighted by Crippen LogP contribution is 2.42. The smallest absolute Gasteiger partial charge is 0.406 e. The van der Waals surface area contributed by atoms with Crippen LogP contribution in [0.25, 0.3) is 0 Å². The topological polar surface area (TPSA) is 98.5 Å². The van der Waals surface area contributed by atoms with Crippen molar-refractivity contribution in [3.8, 4) is 5.75 Å². The van der Waals surface area contributed by atoms with E-state index in [1.165, 1.54) is 13.1 Å². The van der Waals surface area contributed by atoms with E-state index < -0.39 is 27.9 Å². The van der Waals surface area contributed by atoms with Gasteiger partial charge in [0.15, 0.2) is 11.5 Å². The Morgan fingerprint density at radius 1 is 1.33 bits per heavy atom. The van der Waals surface area contributed by atoms with Crippen molar-refractivity contribution >= 4 is 21.5 Å². The molecule has 1 aliphatic rings. The highest BCUT2D eigenvalue weighted by molar-refractivity contribution is 7.92. The molecule has 7 nitrogen and oxygen atoms in total.